The summed E-state index contributed by atoms with van der Waals surface area (Å²) in [6.45, 7) is 7.98. The van der Waals surface area contributed by atoms with Gasteiger partial charge in [-0.15, -0.1) is 0 Å². The van der Waals surface area contributed by atoms with Crippen LogP contribution in [0.15, 0.2) is 54.6 Å². The number of alkyl halides is 3. The van der Waals surface area contributed by atoms with Gasteiger partial charge in [0.05, 0.1) is 12.0 Å². The third-order valence-electron chi connectivity index (χ3n) is 6.77. The summed E-state index contributed by atoms with van der Waals surface area (Å²) in [5.74, 6) is -1.56. The Balaban J connectivity index is 0.00000129. The summed E-state index contributed by atoms with van der Waals surface area (Å²) in [6, 6.07) is 20.8. The van der Waals surface area contributed by atoms with E-state index in [1.165, 1.54) is 18.1 Å². The highest BCUT2D eigenvalue weighted by atomic mass is 19.4. The molecule has 0 saturated heterocycles. The topological polar surface area (TPSA) is 27.0 Å². The largest absolute Gasteiger partial charge is 0.392 e. The summed E-state index contributed by atoms with van der Waals surface area (Å²) in [5, 5.41) is 7.32. The van der Waals surface area contributed by atoms with E-state index >= 15 is 0 Å². The average Bonchev–Trinajstić information content (AvgIpc) is 2.82. The Kier molecular flexibility index (Phi) is 11.6. The summed E-state index contributed by atoms with van der Waals surface area (Å²) in [5.41, 5.74) is 3.44. The van der Waals surface area contributed by atoms with Crippen molar-refractivity contribution in [2.75, 3.05) is 13.1 Å². The quantitative estimate of drug-likeness (QED) is 0.370. The van der Waals surface area contributed by atoms with Crippen LogP contribution in [0.25, 0.3) is 0 Å². The standard InChI is InChI=1S/C27H36F3N.C2H3N/c1-21(2)31(20-18-22-9-4-3-5-10-22)19-8-11-23-14-16-24(17-15-23)25-12-6-7-13-26(25)27(28,29)30;1-2-3/h3-5,9-10,14-17,21,25-26H,6-8,11-13,18-20H2,1-2H3;1H3. The lowest BCUT2D eigenvalue weighted by Gasteiger charge is -2.33. The summed E-state index contributed by atoms with van der Waals surface area (Å²) < 4.78 is 40.3. The highest BCUT2D eigenvalue weighted by molar-refractivity contribution is 5.27. The van der Waals surface area contributed by atoms with E-state index < -0.39 is 12.1 Å². The second-order valence-corrected chi connectivity index (χ2v) is 9.47. The molecule has 34 heavy (non-hydrogen) atoms. The number of nitrogens with zero attached hydrogens (tertiary/aromatic N) is 2. The number of halogens is 3. The van der Waals surface area contributed by atoms with Crippen LogP contribution < -0.4 is 0 Å². The maximum Gasteiger partial charge on any atom is 0.392 e. The Labute approximate surface area is 203 Å². The molecule has 0 heterocycles. The van der Waals surface area contributed by atoms with Crippen LogP contribution >= 0.6 is 0 Å². The highest BCUT2D eigenvalue weighted by Crippen LogP contribution is 2.46. The number of nitriles is 1. The first-order valence-corrected chi connectivity index (χ1v) is 12.5. The minimum atomic E-state index is -4.09. The molecule has 0 radical (unpaired) electrons. The van der Waals surface area contributed by atoms with Gasteiger partial charge in [-0.25, -0.2) is 0 Å². The van der Waals surface area contributed by atoms with Gasteiger partial charge in [0.2, 0.25) is 0 Å². The predicted octanol–water partition coefficient (Wildman–Crippen LogP) is 7.94. The first-order valence-electron chi connectivity index (χ1n) is 12.5. The van der Waals surface area contributed by atoms with E-state index in [1.807, 2.05) is 30.3 Å². The molecule has 1 fully saturated rings. The summed E-state index contributed by atoms with van der Waals surface area (Å²) in [7, 11) is 0. The highest BCUT2D eigenvalue weighted by Gasteiger charge is 2.45. The zero-order valence-electron chi connectivity index (χ0n) is 20.8. The SMILES string of the molecule is CC#N.CC(C)N(CCCc1ccc(C2CCCCC2C(F)(F)F)cc1)CCc1ccccc1. The zero-order chi connectivity index (χ0) is 25.0. The molecule has 0 aromatic heterocycles. The monoisotopic (exact) mass is 472 g/mol. The molecule has 2 aromatic rings. The number of benzene rings is 2. The number of hydrogen-bond donors (Lipinski definition) is 0. The summed E-state index contributed by atoms with van der Waals surface area (Å²) in [4.78, 5) is 2.51. The van der Waals surface area contributed by atoms with E-state index in [9.17, 15) is 13.2 Å². The van der Waals surface area contributed by atoms with Gasteiger partial charge in [0, 0.05) is 19.5 Å². The van der Waals surface area contributed by atoms with E-state index in [-0.39, 0.29) is 12.3 Å². The minimum absolute atomic E-state index is 0.268. The van der Waals surface area contributed by atoms with Crippen molar-refractivity contribution >= 4 is 0 Å². The van der Waals surface area contributed by atoms with Crippen LogP contribution in [0.5, 0.6) is 0 Å². The Morgan fingerprint density at radius 3 is 2.09 bits per heavy atom. The first kappa shape index (κ1) is 27.9. The zero-order valence-corrected chi connectivity index (χ0v) is 20.8. The minimum Gasteiger partial charge on any atom is -0.301 e. The van der Waals surface area contributed by atoms with Gasteiger partial charge >= 0.3 is 6.18 Å². The smallest absolute Gasteiger partial charge is 0.301 e. The van der Waals surface area contributed by atoms with Crippen molar-refractivity contribution in [2.45, 2.75) is 83.9 Å². The van der Waals surface area contributed by atoms with Gasteiger partial charge in [0.25, 0.3) is 0 Å². The number of hydrogen-bond acceptors (Lipinski definition) is 2. The fraction of sp³-hybridized carbons (Fsp3) is 0.552. The van der Waals surface area contributed by atoms with Crippen LogP contribution in [0.4, 0.5) is 13.2 Å². The molecule has 1 aliphatic rings. The molecular formula is C29H39F3N2. The Hall–Kier alpha value is -2.32. The molecule has 0 aliphatic heterocycles. The van der Waals surface area contributed by atoms with E-state index in [1.54, 1.807) is 6.07 Å². The molecule has 3 rings (SSSR count). The van der Waals surface area contributed by atoms with Crippen LogP contribution in [-0.2, 0) is 12.8 Å². The van der Waals surface area contributed by atoms with Gasteiger partial charge in [0.1, 0.15) is 0 Å². The van der Waals surface area contributed by atoms with Crippen LogP contribution in [-0.4, -0.2) is 30.2 Å². The Morgan fingerprint density at radius 1 is 0.912 bits per heavy atom. The van der Waals surface area contributed by atoms with Crippen LogP contribution in [0.1, 0.15) is 75.5 Å². The fourth-order valence-electron chi connectivity index (χ4n) is 4.88. The molecule has 1 saturated carbocycles. The van der Waals surface area contributed by atoms with E-state index in [4.69, 9.17) is 5.26 Å². The lowest BCUT2D eigenvalue weighted by atomic mass is 9.75. The van der Waals surface area contributed by atoms with Crippen molar-refractivity contribution in [3.8, 4) is 6.07 Å². The molecule has 186 valence electrons. The molecule has 0 bridgehead atoms. The average molecular weight is 473 g/mol. The fourth-order valence-corrected chi connectivity index (χ4v) is 4.88. The molecular weight excluding hydrogens is 433 g/mol. The van der Waals surface area contributed by atoms with Crippen molar-refractivity contribution in [2.24, 2.45) is 5.92 Å². The van der Waals surface area contributed by atoms with E-state index in [0.717, 1.165) is 44.3 Å². The van der Waals surface area contributed by atoms with Gasteiger partial charge in [-0.2, -0.15) is 18.4 Å². The molecule has 5 heteroatoms. The molecule has 0 spiro atoms. The number of aryl methyl sites for hydroxylation is 1. The number of rotatable bonds is 9. The lowest BCUT2D eigenvalue weighted by Crippen LogP contribution is -2.34. The Morgan fingerprint density at radius 2 is 1.50 bits per heavy atom. The molecule has 0 amide bonds. The van der Waals surface area contributed by atoms with Crippen molar-refractivity contribution in [3.05, 3.63) is 71.3 Å². The third kappa shape index (κ3) is 9.14. The van der Waals surface area contributed by atoms with Gasteiger partial charge in [0.15, 0.2) is 0 Å². The third-order valence-corrected chi connectivity index (χ3v) is 6.77. The normalized spacial score (nSPS) is 18.3. The second-order valence-electron chi connectivity index (χ2n) is 9.47. The molecule has 2 aromatic carbocycles. The van der Waals surface area contributed by atoms with Crippen LogP contribution in [0, 0.1) is 17.2 Å². The van der Waals surface area contributed by atoms with Gasteiger partial charge in [-0.05, 0) is 75.1 Å². The molecule has 2 nitrogen and oxygen atoms in total. The maximum atomic E-state index is 13.4. The lowest BCUT2D eigenvalue weighted by molar-refractivity contribution is -0.187. The van der Waals surface area contributed by atoms with Crippen molar-refractivity contribution in [1.82, 2.24) is 4.90 Å². The molecule has 0 N–H and O–H groups in total. The second kappa shape index (κ2) is 14.2. The van der Waals surface area contributed by atoms with Crippen LogP contribution in [0.3, 0.4) is 0 Å². The van der Waals surface area contributed by atoms with Crippen molar-refractivity contribution < 1.29 is 13.2 Å². The van der Waals surface area contributed by atoms with E-state index in [2.05, 4.69) is 43.0 Å². The van der Waals surface area contributed by atoms with Crippen LogP contribution in [0.2, 0.25) is 0 Å². The first-order chi connectivity index (χ1) is 16.3. The Bertz CT molecular complexity index is 854. The van der Waals surface area contributed by atoms with Gasteiger partial charge in [-0.1, -0.05) is 67.4 Å². The molecule has 1 aliphatic carbocycles. The van der Waals surface area contributed by atoms with Crippen molar-refractivity contribution in [1.29, 1.82) is 5.26 Å². The molecule has 2 atom stereocenters. The predicted molar refractivity (Wildman–Crippen MR) is 134 cm³/mol. The van der Waals surface area contributed by atoms with Gasteiger partial charge < -0.3 is 4.90 Å². The van der Waals surface area contributed by atoms with Gasteiger partial charge in [-0.3, -0.25) is 0 Å². The maximum absolute atomic E-state index is 13.4. The van der Waals surface area contributed by atoms with E-state index in [0.29, 0.717) is 18.9 Å². The summed E-state index contributed by atoms with van der Waals surface area (Å²) >= 11 is 0. The summed E-state index contributed by atoms with van der Waals surface area (Å²) in [6.07, 6.45) is 1.48. The van der Waals surface area contributed by atoms with Crippen molar-refractivity contribution in [3.63, 3.8) is 0 Å². The molecule has 2 unspecified atom stereocenters.